The summed E-state index contributed by atoms with van der Waals surface area (Å²) in [5.74, 6) is -0.374. The van der Waals surface area contributed by atoms with Crippen LogP contribution in [-0.4, -0.2) is 44.8 Å². The number of pyridine rings is 1. The highest BCUT2D eigenvalue weighted by Crippen LogP contribution is 2.08. The number of aliphatic hydroxyl groups excluding tert-OH is 2. The van der Waals surface area contributed by atoms with E-state index in [-0.39, 0.29) is 19.1 Å². The Morgan fingerprint density at radius 2 is 2.17 bits per heavy atom. The molecule has 0 aliphatic rings. The Labute approximate surface area is 104 Å². The van der Waals surface area contributed by atoms with Crippen molar-refractivity contribution in [3.63, 3.8) is 0 Å². The van der Waals surface area contributed by atoms with Crippen LogP contribution in [-0.2, 0) is 0 Å². The molecule has 0 spiro atoms. The minimum atomic E-state index is -0.659. The van der Waals surface area contributed by atoms with Crippen molar-refractivity contribution >= 4 is 11.6 Å². The lowest BCUT2D eigenvalue weighted by Crippen LogP contribution is -2.40. The van der Waals surface area contributed by atoms with E-state index in [1.165, 1.54) is 6.20 Å². The average molecular weight is 249 g/mol. The average Bonchev–Trinajstić information content (AvgIpc) is 2.78. The molecule has 1 amide bonds. The summed E-state index contributed by atoms with van der Waals surface area (Å²) in [7, 11) is 0. The van der Waals surface area contributed by atoms with Gasteiger partial charge in [-0.3, -0.25) is 9.20 Å². The molecule has 0 fully saturated rings. The van der Waals surface area contributed by atoms with E-state index >= 15 is 0 Å². The molecular weight excluding hydrogens is 234 g/mol. The lowest BCUT2D eigenvalue weighted by molar-refractivity contribution is 0.0873. The molecule has 2 rings (SSSR count). The smallest absolute Gasteiger partial charge is 0.270 e. The van der Waals surface area contributed by atoms with Crippen LogP contribution in [0.4, 0.5) is 0 Å². The fourth-order valence-corrected chi connectivity index (χ4v) is 1.66. The summed E-state index contributed by atoms with van der Waals surface area (Å²) in [6, 6.07) is 3.07. The summed E-state index contributed by atoms with van der Waals surface area (Å²) in [4.78, 5) is 16.1. The summed E-state index contributed by atoms with van der Waals surface area (Å²) in [6.07, 6.45) is 3.28. The number of aryl methyl sites for hydroxylation is 1. The highest BCUT2D eigenvalue weighted by molar-refractivity contribution is 5.93. The zero-order chi connectivity index (χ0) is 13.1. The lowest BCUT2D eigenvalue weighted by atomic mass is 10.3. The van der Waals surface area contributed by atoms with Crippen LogP contribution in [0.3, 0.4) is 0 Å². The summed E-state index contributed by atoms with van der Waals surface area (Å²) in [5.41, 5.74) is 2.06. The molecule has 0 aliphatic carbocycles. The first-order chi connectivity index (χ1) is 8.65. The third kappa shape index (κ3) is 2.34. The first-order valence-electron chi connectivity index (χ1n) is 5.62. The van der Waals surface area contributed by atoms with E-state index in [2.05, 4.69) is 10.3 Å². The molecule has 6 nitrogen and oxygen atoms in total. The van der Waals surface area contributed by atoms with Gasteiger partial charge in [-0.2, -0.15) is 0 Å². The van der Waals surface area contributed by atoms with Crippen LogP contribution in [0.15, 0.2) is 24.5 Å². The van der Waals surface area contributed by atoms with Gasteiger partial charge in [-0.05, 0) is 18.6 Å². The molecule has 0 atom stereocenters. The van der Waals surface area contributed by atoms with Crippen molar-refractivity contribution in [2.75, 3.05) is 13.2 Å². The van der Waals surface area contributed by atoms with Gasteiger partial charge in [-0.15, -0.1) is 0 Å². The Bertz CT molecular complexity index is 561. The molecule has 0 bridgehead atoms. The van der Waals surface area contributed by atoms with Gasteiger partial charge in [0, 0.05) is 6.20 Å². The van der Waals surface area contributed by atoms with Crippen LogP contribution in [0, 0.1) is 6.92 Å². The van der Waals surface area contributed by atoms with Crippen LogP contribution in [0.1, 0.15) is 16.1 Å². The van der Waals surface area contributed by atoms with Gasteiger partial charge in [0.15, 0.2) is 0 Å². The Kier molecular flexibility index (Phi) is 3.59. The van der Waals surface area contributed by atoms with Crippen molar-refractivity contribution in [3.05, 3.63) is 35.8 Å². The van der Waals surface area contributed by atoms with Crippen LogP contribution in [0.2, 0.25) is 0 Å². The summed E-state index contributed by atoms with van der Waals surface area (Å²) >= 11 is 0. The minimum Gasteiger partial charge on any atom is -0.394 e. The zero-order valence-electron chi connectivity index (χ0n) is 10.00. The number of hydrogen-bond acceptors (Lipinski definition) is 4. The summed E-state index contributed by atoms with van der Waals surface area (Å²) in [5, 5.41) is 20.4. The third-order valence-electron chi connectivity index (χ3n) is 2.66. The zero-order valence-corrected chi connectivity index (χ0v) is 10.00. The molecule has 0 aliphatic heterocycles. The maximum absolute atomic E-state index is 12.0. The van der Waals surface area contributed by atoms with Gasteiger partial charge in [0.2, 0.25) is 0 Å². The summed E-state index contributed by atoms with van der Waals surface area (Å²) in [6.45, 7) is 1.31. The van der Waals surface area contributed by atoms with E-state index in [0.29, 0.717) is 11.3 Å². The fraction of sp³-hybridized carbons (Fsp3) is 0.333. The molecule has 6 heteroatoms. The van der Waals surface area contributed by atoms with Crippen molar-refractivity contribution in [2.24, 2.45) is 0 Å². The van der Waals surface area contributed by atoms with Gasteiger partial charge >= 0.3 is 0 Å². The number of hydrogen-bond donors (Lipinski definition) is 3. The molecule has 0 saturated heterocycles. The topological polar surface area (TPSA) is 86.9 Å². The van der Waals surface area contributed by atoms with Crippen molar-refractivity contribution < 1.29 is 15.0 Å². The van der Waals surface area contributed by atoms with Gasteiger partial charge in [0.1, 0.15) is 11.3 Å². The maximum Gasteiger partial charge on any atom is 0.270 e. The number of fused-ring (bicyclic) bond motifs is 1. The molecule has 0 unspecified atom stereocenters. The number of imidazole rings is 1. The molecule has 96 valence electrons. The second-order valence-electron chi connectivity index (χ2n) is 4.11. The molecule has 18 heavy (non-hydrogen) atoms. The molecule has 0 radical (unpaired) electrons. The fourth-order valence-electron chi connectivity index (χ4n) is 1.66. The normalized spacial score (nSPS) is 11.1. The van der Waals surface area contributed by atoms with E-state index < -0.39 is 6.04 Å². The Hall–Kier alpha value is -1.92. The van der Waals surface area contributed by atoms with E-state index in [1.807, 2.05) is 25.3 Å². The second-order valence-corrected chi connectivity index (χ2v) is 4.11. The van der Waals surface area contributed by atoms with Crippen molar-refractivity contribution in [3.8, 4) is 0 Å². The standard InChI is InChI=1S/C12H15N3O3/c1-8-2-3-11-13-4-10(15(11)5-8)12(18)14-9(6-16)7-17/h2-5,9,16-17H,6-7H2,1H3,(H,14,18). The SMILES string of the molecule is Cc1ccc2ncc(C(=O)NC(CO)CO)n2c1. The predicted molar refractivity (Wildman–Crippen MR) is 65.4 cm³/mol. The van der Waals surface area contributed by atoms with E-state index in [1.54, 1.807) is 4.40 Å². The van der Waals surface area contributed by atoms with Crippen molar-refractivity contribution in [2.45, 2.75) is 13.0 Å². The molecule has 2 aromatic rings. The number of nitrogens with zero attached hydrogens (tertiary/aromatic N) is 2. The van der Waals surface area contributed by atoms with E-state index in [4.69, 9.17) is 10.2 Å². The largest absolute Gasteiger partial charge is 0.394 e. The van der Waals surface area contributed by atoms with E-state index in [9.17, 15) is 4.79 Å². The lowest BCUT2D eigenvalue weighted by Gasteiger charge is -2.12. The van der Waals surface area contributed by atoms with Crippen molar-refractivity contribution in [1.29, 1.82) is 0 Å². The highest BCUT2D eigenvalue weighted by atomic mass is 16.3. The van der Waals surface area contributed by atoms with Gasteiger partial charge in [-0.25, -0.2) is 4.98 Å². The Morgan fingerprint density at radius 3 is 2.83 bits per heavy atom. The molecule has 2 aromatic heterocycles. The molecule has 0 saturated carbocycles. The quantitative estimate of drug-likeness (QED) is 0.696. The Balaban J connectivity index is 2.30. The van der Waals surface area contributed by atoms with Crippen molar-refractivity contribution in [1.82, 2.24) is 14.7 Å². The van der Waals surface area contributed by atoms with E-state index in [0.717, 1.165) is 5.56 Å². The maximum atomic E-state index is 12.0. The number of carbonyl (C=O) groups excluding carboxylic acids is 1. The molecule has 0 aromatic carbocycles. The molecule has 2 heterocycles. The van der Waals surface area contributed by atoms with Gasteiger partial charge in [0.05, 0.1) is 25.5 Å². The monoisotopic (exact) mass is 249 g/mol. The number of amides is 1. The highest BCUT2D eigenvalue weighted by Gasteiger charge is 2.15. The van der Waals surface area contributed by atoms with Gasteiger partial charge < -0.3 is 15.5 Å². The first-order valence-corrected chi connectivity index (χ1v) is 5.62. The number of rotatable bonds is 4. The van der Waals surface area contributed by atoms with Crippen LogP contribution in [0.25, 0.3) is 5.65 Å². The van der Waals surface area contributed by atoms with Crippen LogP contribution < -0.4 is 5.32 Å². The van der Waals surface area contributed by atoms with Crippen LogP contribution in [0.5, 0.6) is 0 Å². The molecular formula is C12H15N3O3. The van der Waals surface area contributed by atoms with Gasteiger partial charge in [-0.1, -0.05) is 6.07 Å². The van der Waals surface area contributed by atoms with Gasteiger partial charge in [0.25, 0.3) is 5.91 Å². The second kappa shape index (κ2) is 5.16. The number of aromatic nitrogens is 2. The summed E-state index contributed by atoms with van der Waals surface area (Å²) < 4.78 is 1.68. The molecule has 3 N–H and O–H groups in total. The Morgan fingerprint density at radius 1 is 1.44 bits per heavy atom. The number of carbonyl (C=O) groups is 1. The minimum absolute atomic E-state index is 0.308. The number of nitrogens with one attached hydrogen (secondary N) is 1. The predicted octanol–water partition coefficient (Wildman–Crippen LogP) is -0.274. The number of aliphatic hydroxyl groups is 2. The third-order valence-corrected chi connectivity index (χ3v) is 2.66. The van der Waals surface area contributed by atoms with Crippen LogP contribution >= 0.6 is 0 Å². The first kappa shape index (κ1) is 12.5.